The van der Waals surface area contributed by atoms with Gasteiger partial charge in [0.05, 0.1) is 11.3 Å². The first kappa shape index (κ1) is 14.6. The normalized spacial score (nSPS) is 16.1. The van der Waals surface area contributed by atoms with Crippen LogP contribution in [-0.2, 0) is 10.0 Å². The van der Waals surface area contributed by atoms with Crippen LogP contribution in [0.4, 0.5) is 0 Å². The number of sulfonamides is 1. The van der Waals surface area contributed by atoms with Gasteiger partial charge in [0, 0.05) is 18.5 Å². The third kappa shape index (κ3) is 3.28. The molecule has 0 radical (unpaired) electrons. The first-order valence-electron chi connectivity index (χ1n) is 5.56. The zero-order valence-electron chi connectivity index (χ0n) is 10.7. The molecule has 98 valence electrons. The molecule has 0 aliphatic carbocycles. The van der Waals surface area contributed by atoms with E-state index < -0.39 is 15.3 Å². The van der Waals surface area contributed by atoms with Crippen molar-refractivity contribution >= 4 is 21.4 Å². The van der Waals surface area contributed by atoms with Crippen molar-refractivity contribution in [3.8, 4) is 0 Å². The van der Waals surface area contributed by atoms with Gasteiger partial charge in [0.2, 0.25) is 10.0 Å². The molecule has 0 aliphatic rings. The Kier molecular flexibility index (Phi) is 5.12. The monoisotopic (exact) mass is 276 g/mol. The van der Waals surface area contributed by atoms with E-state index in [4.69, 9.17) is 0 Å². The Labute approximate surface area is 108 Å². The number of hydrogen-bond donors (Lipinski definition) is 1. The van der Waals surface area contributed by atoms with Crippen LogP contribution < -0.4 is 5.32 Å². The largest absolute Gasteiger partial charge is 0.318 e. The Hall–Kier alpha value is -0.430. The van der Waals surface area contributed by atoms with E-state index in [2.05, 4.69) is 5.32 Å². The van der Waals surface area contributed by atoms with Crippen LogP contribution in [0.25, 0.3) is 0 Å². The summed E-state index contributed by atoms with van der Waals surface area (Å²) in [7, 11) is 0.154. The van der Waals surface area contributed by atoms with Crippen molar-refractivity contribution in [2.24, 2.45) is 0 Å². The molecule has 1 aromatic rings. The molecule has 0 fully saturated rings. The molecular formula is C11H20N2O2S2. The van der Waals surface area contributed by atoms with Crippen LogP contribution in [-0.4, -0.2) is 38.6 Å². The van der Waals surface area contributed by atoms with Crippen LogP contribution in [0.3, 0.4) is 0 Å². The second kappa shape index (κ2) is 5.95. The summed E-state index contributed by atoms with van der Waals surface area (Å²) in [6, 6.07) is 3.79. The molecule has 0 aliphatic heterocycles. The van der Waals surface area contributed by atoms with E-state index in [-0.39, 0.29) is 6.04 Å². The fourth-order valence-corrected chi connectivity index (χ4v) is 4.00. The maximum atomic E-state index is 12.2. The molecule has 17 heavy (non-hydrogen) atoms. The quantitative estimate of drug-likeness (QED) is 0.860. The Balaban J connectivity index is 2.85. The van der Waals surface area contributed by atoms with E-state index in [9.17, 15) is 8.42 Å². The van der Waals surface area contributed by atoms with Gasteiger partial charge in [0.1, 0.15) is 0 Å². The van der Waals surface area contributed by atoms with E-state index in [0.717, 1.165) is 4.88 Å². The van der Waals surface area contributed by atoms with E-state index in [1.807, 2.05) is 24.4 Å². The van der Waals surface area contributed by atoms with Gasteiger partial charge in [-0.1, -0.05) is 6.07 Å². The summed E-state index contributed by atoms with van der Waals surface area (Å²) in [6.45, 7) is 4.10. The first-order valence-corrected chi connectivity index (χ1v) is 7.94. The highest BCUT2D eigenvalue weighted by Gasteiger charge is 2.29. The number of rotatable bonds is 6. The van der Waals surface area contributed by atoms with Gasteiger partial charge in [-0.25, -0.2) is 8.42 Å². The topological polar surface area (TPSA) is 49.4 Å². The van der Waals surface area contributed by atoms with Crippen molar-refractivity contribution in [2.45, 2.75) is 25.1 Å². The van der Waals surface area contributed by atoms with E-state index >= 15 is 0 Å². The van der Waals surface area contributed by atoms with Crippen LogP contribution >= 0.6 is 11.3 Å². The van der Waals surface area contributed by atoms with Crippen molar-refractivity contribution < 1.29 is 8.42 Å². The molecule has 0 aromatic carbocycles. The van der Waals surface area contributed by atoms with Crippen molar-refractivity contribution in [1.29, 1.82) is 0 Å². The van der Waals surface area contributed by atoms with Gasteiger partial charge >= 0.3 is 0 Å². The maximum Gasteiger partial charge on any atom is 0.218 e. The molecule has 6 heteroatoms. The van der Waals surface area contributed by atoms with Gasteiger partial charge < -0.3 is 5.32 Å². The second-order valence-corrected chi connectivity index (χ2v) is 7.51. The SMILES string of the molecule is CNCC(C)S(=O)(=O)N(C)C(C)c1cccs1. The van der Waals surface area contributed by atoms with Crippen molar-refractivity contribution in [3.63, 3.8) is 0 Å². The minimum absolute atomic E-state index is 0.112. The van der Waals surface area contributed by atoms with Gasteiger partial charge in [-0.15, -0.1) is 11.3 Å². The van der Waals surface area contributed by atoms with Crippen LogP contribution in [0, 0.1) is 0 Å². The zero-order chi connectivity index (χ0) is 13.1. The molecule has 1 aromatic heterocycles. The predicted octanol–water partition coefficient (Wildman–Crippen LogP) is 1.68. The molecule has 2 unspecified atom stereocenters. The van der Waals surface area contributed by atoms with Crippen LogP contribution in [0.2, 0.25) is 0 Å². The highest BCUT2D eigenvalue weighted by Crippen LogP contribution is 2.26. The lowest BCUT2D eigenvalue weighted by atomic mass is 10.3. The summed E-state index contributed by atoms with van der Waals surface area (Å²) < 4.78 is 26.0. The number of nitrogens with zero attached hydrogens (tertiary/aromatic N) is 1. The third-order valence-corrected chi connectivity index (χ3v) is 6.25. The highest BCUT2D eigenvalue weighted by atomic mass is 32.2. The Bertz CT molecular complexity index is 428. The maximum absolute atomic E-state index is 12.2. The lowest BCUT2D eigenvalue weighted by Gasteiger charge is -2.26. The van der Waals surface area contributed by atoms with Crippen LogP contribution in [0.15, 0.2) is 17.5 Å². The van der Waals surface area contributed by atoms with Crippen molar-refractivity contribution in [3.05, 3.63) is 22.4 Å². The van der Waals surface area contributed by atoms with Gasteiger partial charge in [0.15, 0.2) is 0 Å². The second-order valence-electron chi connectivity index (χ2n) is 4.12. The fraction of sp³-hybridized carbons (Fsp3) is 0.636. The number of nitrogens with one attached hydrogen (secondary N) is 1. The molecule has 2 atom stereocenters. The smallest absolute Gasteiger partial charge is 0.218 e. The molecule has 0 saturated carbocycles. The van der Waals surface area contributed by atoms with Gasteiger partial charge in [-0.05, 0) is 32.3 Å². The summed E-state index contributed by atoms with van der Waals surface area (Å²) in [5.74, 6) is 0. The minimum Gasteiger partial charge on any atom is -0.318 e. The van der Waals surface area contributed by atoms with E-state index in [0.29, 0.717) is 6.54 Å². The van der Waals surface area contributed by atoms with E-state index in [1.54, 1.807) is 32.4 Å². The minimum atomic E-state index is -3.25. The fourth-order valence-electron chi connectivity index (χ4n) is 1.61. The van der Waals surface area contributed by atoms with Gasteiger partial charge in [-0.2, -0.15) is 4.31 Å². The average Bonchev–Trinajstić information content (AvgIpc) is 2.80. The van der Waals surface area contributed by atoms with Crippen LogP contribution in [0.5, 0.6) is 0 Å². The summed E-state index contributed by atoms with van der Waals surface area (Å²) in [4.78, 5) is 1.06. The summed E-state index contributed by atoms with van der Waals surface area (Å²) in [5.41, 5.74) is 0. The Morgan fingerprint density at radius 3 is 2.59 bits per heavy atom. The van der Waals surface area contributed by atoms with Gasteiger partial charge in [-0.3, -0.25) is 0 Å². The number of hydrogen-bond acceptors (Lipinski definition) is 4. The predicted molar refractivity (Wildman–Crippen MR) is 72.8 cm³/mol. The van der Waals surface area contributed by atoms with Crippen LogP contribution in [0.1, 0.15) is 24.8 Å². The molecule has 0 saturated heterocycles. The zero-order valence-corrected chi connectivity index (χ0v) is 12.3. The summed E-state index contributed by atoms with van der Waals surface area (Å²) in [5, 5.41) is 4.44. The Morgan fingerprint density at radius 2 is 2.12 bits per heavy atom. The molecule has 0 spiro atoms. The number of thiophene rings is 1. The van der Waals surface area contributed by atoms with Crippen molar-refractivity contribution in [1.82, 2.24) is 9.62 Å². The van der Waals surface area contributed by atoms with Gasteiger partial charge in [0.25, 0.3) is 0 Å². The summed E-state index contributed by atoms with van der Waals surface area (Å²) >= 11 is 1.58. The van der Waals surface area contributed by atoms with Crippen molar-refractivity contribution in [2.75, 3.05) is 20.6 Å². The summed E-state index contributed by atoms with van der Waals surface area (Å²) in [6.07, 6.45) is 0. The molecule has 1 rings (SSSR count). The molecule has 0 amide bonds. The Morgan fingerprint density at radius 1 is 1.47 bits per heavy atom. The lowest BCUT2D eigenvalue weighted by molar-refractivity contribution is 0.396. The average molecular weight is 276 g/mol. The van der Waals surface area contributed by atoms with E-state index in [1.165, 1.54) is 4.31 Å². The first-order chi connectivity index (χ1) is 7.91. The standard InChI is InChI=1S/C11H20N2O2S2/c1-9(8-12-3)17(14,15)13(4)10(2)11-6-5-7-16-11/h5-7,9-10,12H,8H2,1-4H3. The lowest BCUT2D eigenvalue weighted by Crippen LogP contribution is -2.40. The third-order valence-electron chi connectivity index (χ3n) is 2.90. The molecule has 1 heterocycles. The molecule has 1 N–H and O–H groups in total. The highest BCUT2D eigenvalue weighted by molar-refractivity contribution is 7.89. The molecule has 0 bridgehead atoms. The molecule has 4 nitrogen and oxygen atoms in total. The molecular weight excluding hydrogens is 256 g/mol.